The Bertz CT molecular complexity index is 595. The van der Waals surface area contributed by atoms with Crippen molar-refractivity contribution in [2.75, 3.05) is 6.26 Å². The molecule has 7 nitrogen and oxygen atoms in total. The number of hydrogen-bond acceptors (Lipinski definition) is 4. The topological polar surface area (TPSA) is 113 Å². The Kier molecular flexibility index (Phi) is 5.09. The minimum atomic E-state index is -3.24. The highest BCUT2D eigenvalue weighted by atomic mass is 32.2. The van der Waals surface area contributed by atoms with Gasteiger partial charge in [-0.3, -0.25) is 4.79 Å². The molecule has 0 bridgehead atoms. The molecule has 1 atom stereocenters. The van der Waals surface area contributed by atoms with Crippen LogP contribution in [0.2, 0.25) is 0 Å². The zero-order chi connectivity index (χ0) is 15.3. The highest BCUT2D eigenvalue weighted by molar-refractivity contribution is 7.90. The van der Waals surface area contributed by atoms with Crippen molar-refractivity contribution in [2.24, 2.45) is 0 Å². The lowest BCUT2D eigenvalue weighted by Crippen LogP contribution is -2.44. The van der Waals surface area contributed by atoms with E-state index in [1.54, 1.807) is 12.1 Å². The lowest BCUT2D eigenvalue weighted by molar-refractivity contribution is -0.138. The van der Waals surface area contributed by atoms with Crippen LogP contribution in [0.3, 0.4) is 0 Å². The van der Waals surface area contributed by atoms with Crippen LogP contribution in [-0.2, 0) is 21.2 Å². The van der Waals surface area contributed by atoms with E-state index in [2.05, 4.69) is 10.6 Å². The summed E-state index contributed by atoms with van der Waals surface area (Å²) < 4.78 is 22.5. The molecule has 1 aromatic rings. The van der Waals surface area contributed by atoms with Crippen molar-refractivity contribution >= 4 is 21.8 Å². The Labute approximate surface area is 116 Å². The van der Waals surface area contributed by atoms with Crippen molar-refractivity contribution in [1.29, 1.82) is 0 Å². The predicted molar refractivity (Wildman–Crippen MR) is 72.0 cm³/mol. The molecule has 1 aromatic carbocycles. The molecule has 0 spiro atoms. The molecule has 0 saturated heterocycles. The molecule has 0 aliphatic carbocycles. The van der Waals surface area contributed by atoms with Gasteiger partial charge in [0.2, 0.25) is 0 Å². The monoisotopic (exact) mass is 300 g/mol. The van der Waals surface area contributed by atoms with E-state index in [0.717, 1.165) is 6.26 Å². The summed E-state index contributed by atoms with van der Waals surface area (Å²) in [5.74, 6) is -1.13. The molecule has 8 heteroatoms. The molecule has 20 heavy (non-hydrogen) atoms. The van der Waals surface area contributed by atoms with Gasteiger partial charge in [0.25, 0.3) is 0 Å². The molecule has 0 aromatic heterocycles. The predicted octanol–water partition coefficient (Wildman–Crippen LogP) is 0.362. The summed E-state index contributed by atoms with van der Waals surface area (Å²) >= 11 is 0. The maximum atomic E-state index is 11.4. The summed E-state index contributed by atoms with van der Waals surface area (Å²) in [7, 11) is -3.24. The van der Waals surface area contributed by atoms with Crippen LogP contribution in [0.25, 0.3) is 0 Å². The zero-order valence-corrected chi connectivity index (χ0v) is 11.9. The number of carbonyl (C=O) groups is 2. The summed E-state index contributed by atoms with van der Waals surface area (Å²) in [4.78, 5) is 22.1. The highest BCUT2D eigenvalue weighted by Gasteiger charge is 2.13. The Morgan fingerprint density at radius 3 is 2.25 bits per heavy atom. The van der Waals surface area contributed by atoms with Gasteiger partial charge in [-0.05, 0) is 24.6 Å². The fourth-order valence-electron chi connectivity index (χ4n) is 1.35. The van der Waals surface area contributed by atoms with Crippen molar-refractivity contribution in [2.45, 2.75) is 24.4 Å². The average molecular weight is 300 g/mol. The first-order valence-corrected chi connectivity index (χ1v) is 7.65. The molecular formula is C12H16N2O5S. The number of hydrogen-bond donors (Lipinski definition) is 3. The second kappa shape index (κ2) is 6.38. The summed E-state index contributed by atoms with van der Waals surface area (Å²) in [5.41, 5.74) is 0.704. The third kappa shape index (κ3) is 4.88. The second-order valence-electron chi connectivity index (χ2n) is 4.30. The van der Waals surface area contributed by atoms with Crippen LogP contribution in [0.15, 0.2) is 29.2 Å². The fraction of sp³-hybridized carbons (Fsp3) is 0.333. The van der Waals surface area contributed by atoms with Gasteiger partial charge >= 0.3 is 12.0 Å². The van der Waals surface area contributed by atoms with E-state index >= 15 is 0 Å². The van der Waals surface area contributed by atoms with Gasteiger partial charge in [-0.15, -0.1) is 0 Å². The maximum absolute atomic E-state index is 11.4. The number of aliphatic carboxylic acids is 1. The third-order valence-corrected chi connectivity index (χ3v) is 3.65. The molecule has 0 unspecified atom stereocenters. The van der Waals surface area contributed by atoms with Gasteiger partial charge in [-0.25, -0.2) is 13.2 Å². The third-order valence-electron chi connectivity index (χ3n) is 2.52. The number of urea groups is 1. The summed E-state index contributed by atoms with van der Waals surface area (Å²) in [5, 5.41) is 13.3. The lowest BCUT2D eigenvalue weighted by atomic mass is 10.2. The summed E-state index contributed by atoms with van der Waals surface area (Å²) in [6, 6.07) is 4.47. The molecule has 0 radical (unpaired) electrons. The number of benzene rings is 1. The van der Waals surface area contributed by atoms with Gasteiger partial charge in [-0.2, -0.15) is 0 Å². The van der Waals surface area contributed by atoms with Gasteiger partial charge in [0.15, 0.2) is 9.84 Å². The van der Waals surface area contributed by atoms with E-state index in [1.807, 2.05) is 0 Å². The van der Waals surface area contributed by atoms with Gasteiger partial charge in [0, 0.05) is 12.8 Å². The highest BCUT2D eigenvalue weighted by Crippen LogP contribution is 2.09. The van der Waals surface area contributed by atoms with E-state index in [9.17, 15) is 18.0 Å². The number of nitrogens with one attached hydrogen (secondary N) is 2. The zero-order valence-electron chi connectivity index (χ0n) is 11.1. The lowest BCUT2D eigenvalue weighted by Gasteiger charge is -2.10. The molecule has 110 valence electrons. The smallest absolute Gasteiger partial charge is 0.325 e. The molecule has 0 saturated carbocycles. The number of rotatable bonds is 5. The van der Waals surface area contributed by atoms with Crippen molar-refractivity contribution in [3.8, 4) is 0 Å². The van der Waals surface area contributed by atoms with Crippen LogP contribution in [-0.4, -0.2) is 37.8 Å². The largest absolute Gasteiger partial charge is 0.480 e. The summed E-state index contributed by atoms with van der Waals surface area (Å²) in [6.45, 7) is 1.52. The van der Waals surface area contributed by atoms with Gasteiger partial charge < -0.3 is 15.7 Å². The van der Waals surface area contributed by atoms with Crippen LogP contribution in [0, 0.1) is 0 Å². The molecule has 0 aliphatic heterocycles. The Morgan fingerprint density at radius 1 is 1.25 bits per heavy atom. The van der Waals surface area contributed by atoms with Crippen LogP contribution in [0.4, 0.5) is 4.79 Å². The molecule has 0 heterocycles. The number of sulfone groups is 1. The van der Waals surface area contributed by atoms with Crippen LogP contribution < -0.4 is 10.6 Å². The van der Waals surface area contributed by atoms with E-state index in [4.69, 9.17) is 5.11 Å². The SMILES string of the molecule is C[C@@H](NC(=O)NCc1ccc(S(C)(=O)=O)cc1)C(=O)O. The Balaban J connectivity index is 2.54. The second-order valence-corrected chi connectivity index (χ2v) is 6.32. The van der Waals surface area contributed by atoms with E-state index in [1.165, 1.54) is 19.1 Å². The van der Waals surface area contributed by atoms with Crippen LogP contribution >= 0.6 is 0 Å². The van der Waals surface area contributed by atoms with Crippen molar-refractivity contribution in [3.63, 3.8) is 0 Å². The van der Waals surface area contributed by atoms with Gasteiger partial charge in [0.05, 0.1) is 4.90 Å². The molecule has 0 aliphatic rings. The van der Waals surface area contributed by atoms with Crippen LogP contribution in [0.5, 0.6) is 0 Å². The van der Waals surface area contributed by atoms with Gasteiger partial charge in [-0.1, -0.05) is 12.1 Å². The van der Waals surface area contributed by atoms with Gasteiger partial charge in [0.1, 0.15) is 6.04 Å². The van der Waals surface area contributed by atoms with Crippen molar-refractivity contribution < 1.29 is 23.1 Å². The number of carbonyl (C=O) groups excluding carboxylic acids is 1. The van der Waals surface area contributed by atoms with E-state index < -0.39 is 27.9 Å². The number of carboxylic acid groups (broad SMARTS) is 1. The first-order valence-electron chi connectivity index (χ1n) is 5.76. The number of carboxylic acids is 1. The first kappa shape index (κ1) is 16.0. The number of amides is 2. The van der Waals surface area contributed by atoms with Crippen LogP contribution in [0.1, 0.15) is 12.5 Å². The molecule has 1 rings (SSSR count). The molecular weight excluding hydrogens is 284 g/mol. The maximum Gasteiger partial charge on any atom is 0.325 e. The minimum Gasteiger partial charge on any atom is -0.480 e. The minimum absolute atomic E-state index is 0.169. The standard InChI is InChI=1S/C12H16N2O5S/c1-8(11(15)16)14-12(17)13-7-9-3-5-10(6-4-9)20(2,18)19/h3-6,8H,7H2,1-2H3,(H,15,16)(H2,13,14,17)/t8-/m1/s1. The summed E-state index contributed by atoms with van der Waals surface area (Å²) in [6.07, 6.45) is 1.11. The molecule has 2 amide bonds. The molecule has 3 N–H and O–H groups in total. The Morgan fingerprint density at radius 2 is 1.80 bits per heavy atom. The van der Waals surface area contributed by atoms with Crippen molar-refractivity contribution in [3.05, 3.63) is 29.8 Å². The molecule has 0 fully saturated rings. The Hall–Kier alpha value is -2.09. The first-order chi connectivity index (χ1) is 9.20. The quantitative estimate of drug-likeness (QED) is 0.727. The fourth-order valence-corrected chi connectivity index (χ4v) is 1.98. The average Bonchev–Trinajstić information content (AvgIpc) is 2.35. The van der Waals surface area contributed by atoms with E-state index in [-0.39, 0.29) is 11.4 Å². The normalized spacial score (nSPS) is 12.5. The van der Waals surface area contributed by atoms with Crippen molar-refractivity contribution in [1.82, 2.24) is 10.6 Å². The van der Waals surface area contributed by atoms with E-state index in [0.29, 0.717) is 5.56 Å².